The third-order valence-electron chi connectivity index (χ3n) is 2.99. The average Bonchev–Trinajstić information content (AvgIpc) is 2.54. The molecule has 1 nitrogen and oxygen atoms in total. The summed E-state index contributed by atoms with van der Waals surface area (Å²) < 4.78 is 0.470. The third kappa shape index (κ3) is 2.75. The second-order valence-corrected chi connectivity index (χ2v) is 5.60. The topological polar surface area (TPSA) is 12.0 Å². The van der Waals surface area contributed by atoms with Crippen LogP contribution in [0.4, 0.5) is 0 Å². The lowest BCUT2D eigenvalue weighted by Gasteiger charge is -2.33. The van der Waals surface area contributed by atoms with Crippen LogP contribution in [0.2, 0.25) is 0 Å². The summed E-state index contributed by atoms with van der Waals surface area (Å²) in [4.78, 5) is 0. The van der Waals surface area contributed by atoms with Crippen LogP contribution in [0.15, 0.2) is 12.7 Å². The van der Waals surface area contributed by atoms with Crippen LogP contribution in [0.3, 0.4) is 0 Å². The van der Waals surface area contributed by atoms with Gasteiger partial charge in [0.05, 0.1) is 0 Å². The van der Waals surface area contributed by atoms with Gasteiger partial charge in [-0.15, -0.1) is 6.58 Å². The summed E-state index contributed by atoms with van der Waals surface area (Å²) in [6.07, 6.45) is 7.12. The first-order chi connectivity index (χ1) is 6.23. The molecular weight excluding hydrogens is 178 g/mol. The molecule has 2 atom stereocenters. The molecule has 0 amide bonds. The minimum atomic E-state index is 0.470. The highest BCUT2D eigenvalue weighted by atomic mass is 32.2. The Bertz CT molecular complexity index is 161. The Morgan fingerprint density at radius 3 is 2.92 bits per heavy atom. The SMILES string of the molecule is C=CCCC(NC)C1(C)CCCS1. The van der Waals surface area contributed by atoms with Crippen molar-refractivity contribution >= 4 is 11.8 Å². The van der Waals surface area contributed by atoms with Crippen molar-refractivity contribution in [3.05, 3.63) is 12.7 Å². The van der Waals surface area contributed by atoms with Gasteiger partial charge in [-0.25, -0.2) is 0 Å². The summed E-state index contributed by atoms with van der Waals surface area (Å²) in [6, 6.07) is 0.651. The molecule has 1 aliphatic rings. The smallest absolute Gasteiger partial charge is 0.0285 e. The zero-order valence-corrected chi connectivity index (χ0v) is 9.62. The lowest BCUT2D eigenvalue weighted by Crippen LogP contribution is -2.43. The summed E-state index contributed by atoms with van der Waals surface area (Å²) in [5.74, 6) is 1.34. The minimum Gasteiger partial charge on any atom is -0.316 e. The van der Waals surface area contributed by atoms with Gasteiger partial charge in [-0.05, 0) is 45.4 Å². The minimum absolute atomic E-state index is 0.470. The maximum atomic E-state index is 3.78. The van der Waals surface area contributed by atoms with Crippen LogP contribution < -0.4 is 5.32 Å². The van der Waals surface area contributed by atoms with E-state index in [9.17, 15) is 0 Å². The third-order valence-corrected chi connectivity index (χ3v) is 4.64. The molecule has 1 aliphatic heterocycles. The van der Waals surface area contributed by atoms with E-state index in [0.717, 1.165) is 6.42 Å². The molecule has 2 unspecified atom stereocenters. The Morgan fingerprint density at radius 1 is 1.69 bits per heavy atom. The first-order valence-corrected chi connectivity index (χ1v) is 6.13. The molecule has 0 bridgehead atoms. The average molecular weight is 199 g/mol. The number of rotatable bonds is 5. The molecule has 0 aromatic heterocycles. The summed E-state index contributed by atoms with van der Waals surface area (Å²) in [7, 11) is 2.08. The second-order valence-electron chi connectivity index (χ2n) is 3.97. The van der Waals surface area contributed by atoms with Crippen molar-refractivity contribution in [2.24, 2.45) is 0 Å². The van der Waals surface area contributed by atoms with Crippen LogP contribution in [0.25, 0.3) is 0 Å². The van der Waals surface area contributed by atoms with Gasteiger partial charge in [-0.3, -0.25) is 0 Å². The normalized spacial score (nSPS) is 30.3. The van der Waals surface area contributed by atoms with Gasteiger partial charge in [0.2, 0.25) is 0 Å². The van der Waals surface area contributed by atoms with Gasteiger partial charge < -0.3 is 5.32 Å². The fourth-order valence-corrected chi connectivity index (χ4v) is 3.60. The van der Waals surface area contributed by atoms with Crippen LogP contribution in [0, 0.1) is 0 Å². The van der Waals surface area contributed by atoms with Crippen LogP contribution in [0.1, 0.15) is 32.6 Å². The molecular formula is C11H21NS. The van der Waals surface area contributed by atoms with Crippen molar-refractivity contribution in [2.45, 2.75) is 43.4 Å². The number of thioether (sulfide) groups is 1. The van der Waals surface area contributed by atoms with E-state index >= 15 is 0 Å². The van der Waals surface area contributed by atoms with E-state index in [-0.39, 0.29) is 0 Å². The molecule has 0 aliphatic carbocycles. The summed E-state index contributed by atoms with van der Waals surface area (Å²) >= 11 is 2.13. The number of hydrogen-bond donors (Lipinski definition) is 1. The molecule has 1 N–H and O–H groups in total. The fourth-order valence-electron chi connectivity index (χ4n) is 2.11. The monoisotopic (exact) mass is 199 g/mol. The Kier molecular flexibility index (Phi) is 4.33. The Balaban J connectivity index is 2.47. The van der Waals surface area contributed by atoms with Crippen LogP contribution in [-0.4, -0.2) is 23.6 Å². The van der Waals surface area contributed by atoms with E-state index in [2.05, 4.69) is 37.6 Å². The van der Waals surface area contributed by atoms with E-state index in [4.69, 9.17) is 0 Å². The molecule has 0 spiro atoms. The quantitative estimate of drug-likeness (QED) is 0.683. The van der Waals surface area contributed by atoms with Crippen molar-refractivity contribution in [1.29, 1.82) is 0 Å². The van der Waals surface area contributed by atoms with Crippen molar-refractivity contribution in [3.8, 4) is 0 Å². The molecule has 1 saturated heterocycles. The van der Waals surface area contributed by atoms with Gasteiger partial charge >= 0.3 is 0 Å². The van der Waals surface area contributed by atoms with Crippen molar-refractivity contribution in [3.63, 3.8) is 0 Å². The van der Waals surface area contributed by atoms with Gasteiger partial charge in [-0.1, -0.05) is 6.08 Å². The van der Waals surface area contributed by atoms with Gasteiger partial charge in [0, 0.05) is 10.8 Å². The van der Waals surface area contributed by atoms with E-state index in [1.54, 1.807) is 0 Å². The van der Waals surface area contributed by atoms with Crippen molar-refractivity contribution in [1.82, 2.24) is 5.32 Å². The van der Waals surface area contributed by atoms with E-state index in [0.29, 0.717) is 10.8 Å². The molecule has 0 aromatic rings. The zero-order chi connectivity index (χ0) is 9.73. The molecule has 2 heteroatoms. The van der Waals surface area contributed by atoms with Gasteiger partial charge in [0.25, 0.3) is 0 Å². The highest BCUT2D eigenvalue weighted by Gasteiger charge is 2.36. The van der Waals surface area contributed by atoms with E-state index in [1.165, 1.54) is 25.0 Å². The van der Waals surface area contributed by atoms with Gasteiger partial charge in [0.1, 0.15) is 0 Å². The van der Waals surface area contributed by atoms with Crippen LogP contribution in [0.5, 0.6) is 0 Å². The molecule has 0 aromatic carbocycles. The fraction of sp³-hybridized carbons (Fsp3) is 0.818. The van der Waals surface area contributed by atoms with Gasteiger partial charge in [-0.2, -0.15) is 11.8 Å². The second kappa shape index (κ2) is 5.06. The van der Waals surface area contributed by atoms with Crippen LogP contribution in [-0.2, 0) is 0 Å². The predicted molar refractivity (Wildman–Crippen MR) is 62.4 cm³/mol. The lowest BCUT2D eigenvalue weighted by atomic mass is 9.92. The highest BCUT2D eigenvalue weighted by molar-refractivity contribution is 8.00. The summed E-state index contributed by atoms with van der Waals surface area (Å²) in [5, 5.41) is 3.45. The molecule has 13 heavy (non-hydrogen) atoms. The largest absolute Gasteiger partial charge is 0.316 e. The number of nitrogens with one attached hydrogen (secondary N) is 1. The predicted octanol–water partition coefficient (Wildman–Crippen LogP) is 2.83. The molecule has 1 fully saturated rings. The zero-order valence-electron chi connectivity index (χ0n) is 8.81. The Labute approximate surface area is 86.4 Å². The molecule has 76 valence electrons. The molecule has 1 rings (SSSR count). The van der Waals surface area contributed by atoms with E-state index < -0.39 is 0 Å². The first-order valence-electron chi connectivity index (χ1n) is 5.15. The van der Waals surface area contributed by atoms with Crippen molar-refractivity contribution in [2.75, 3.05) is 12.8 Å². The van der Waals surface area contributed by atoms with Crippen LogP contribution >= 0.6 is 11.8 Å². The summed E-state index contributed by atoms with van der Waals surface area (Å²) in [5.41, 5.74) is 0. The van der Waals surface area contributed by atoms with Crippen molar-refractivity contribution < 1.29 is 0 Å². The Morgan fingerprint density at radius 2 is 2.46 bits per heavy atom. The molecule has 0 saturated carbocycles. The highest BCUT2D eigenvalue weighted by Crippen LogP contribution is 2.41. The Hall–Kier alpha value is 0.0500. The first kappa shape index (κ1) is 11.1. The maximum absolute atomic E-state index is 3.78. The number of hydrogen-bond acceptors (Lipinski definition) is 2. The maximum Gasteiger partial charge on any atom is 0.0285 e. The van der Waals surface area contributed by atoms with E-state index in [1.807, 2.05) is 6.08 Å². The van der Waals surface area contributed by atoms with Gasteiger partial charge in [0.15, 0.2) is 0 Å². The number of allylic oxidation sites excluding steroid dienone is 1. The summed E-state index contributed by atoms with van der Waals surface area (Å²) in [6.45, 7) is 6.18. The molecule has 0 radical (unpaired) electrons. The standard InChI is InChI=1S/C11H21NS/c1-4-5-7-10(12-3)11(2)8-6-9-13-11/h4,10,12H,1,5-9H2,2-3H3. The molecule has 1 heterocycles. The lowest BCUT2D eigenvalue weighted by molar-refractivity contribution is 0.406.